The van der Waals surface area contributed by atoms with E-state index in [4.69, 9.17) is 0 Å². The van der Waals surface area contributed by atoms with E-state index in [-0.39, 0.29) is 17.0 Å². The fraction of sp³-hybridized carbons (Fsp3) is 0.600. The number of hydrogen-bond acceptors (Lipinski definition) is 1. The summed E-state index contributed by atoms with van der Waals surface area (Å²) in [4.78, 5) is 4.50. The van der Waals surface area contributed by atoms with Crippen LogP contribution in [-0.4, -0.2) is 4.98 Å². The van der Waals surface area contributed by atoms with Crippen LogP contribution in [0.2, 0.25) is 0 Å². The van der Waals surface area contributed by atoms with Crippen LogP contribution in [0.5, 0.6) is 0 Å². The van der Waals surface area contributed by atoms with Crippen LogP contribution >= 0.6 is 0 Å². The fourth-order valence-electron chi connectivity index (χ4n) is 3.72. The van der Waals surface area contributed by atoms with E-state index in [0.29, 0.717) is 0 Å². The summed E-state index contributed by atoms with van der Waals surface area (Å²) in [7, 11) is 0. The first-order valence-corrected chi connectivity index (χ1v) is 11.3. The molecule has 0 fully saturated rings. The average molecular weight is 448 g/mol. The molecular formula is C25H39BrN2. The van der Waals surface area contributed by atoms with Crippen LogP contribution in [0.1, 0.15) is 90.4 Å². The van der Waals surface area contributed by atoms with Crippen molar-refractivity contribution in [1.82, 2.24) is 4.98 Å². The summed E-state index contributed by atoms with van der Waals surface area (Å²) >= 11 is 0. The van der Waals surface area contributed by atoms with Gasteiger partial charge in [0.25, 0.3) is 0 Å². The Morgan fingerprint density at radius 2 is 1.25 bits per heavy atom. The van der Waals surface area contributed by atoms with Gasteiger partial charge >= 0.3 is 0 Å². The second-order valence-corrected chi connectivity index (χ2v) is 7.74. The van der Waals surface area contributed by atoms with E-state index in [1.165, 1.54) is 89.2 Å². The Balaban J connectivity index is 0.00000392. The van der Waals surface area contributed by atoms with Gasteiger partial charge in [0.15, 0.2) is 6.20 Å². The van der Waals surface area contributed by atoms with Gasteiger partial charge in [-0.25, -0.2) is 4.98 Å². The molecule has 0 bridgehead atoms. The highest BCUT2D eigenvalue weighted by Crippen LogP contribution is 2.13. The highest BCUT2D eigenvalue weighted by atomic mass is 79.9. The molecule has 2 heterocycles. The molecule has 2 aromatic heterocycles. The third-order valence-corrected chi connectivity index (χ3v) is 5.37. The van der Waals surface area contributed by atoms with Crippen LogP contribution in [0.4, 0.5) is 0 Å². The summed E-state index contributed by atoms with van der Waals surface area (Å²) in [6.07, 6.45) is 22.3. The van der Waals surface area contributed by atoms with Gasteiger partial charge in [-0.1, -0.05) is 83.6 Å². The first kappa shape index (κ1) is 24.8. The van der Waals surface area contributed by atoms with Gasteiger partial charge in [-0.15, -0.1) is 0 Å². The van der Waals surface area contributed by atoms with Crippen molar-refractivity contribution < 1.29 is 21.5 Å². The quantitative estimate of drug-likeness (QED) is 0.296. The third-order valence-electron chi connectivity index (χ3n) is 5.37. The minimum Gasteiger partial charge on any atom is -1.00 e. The lowest BCUT2D eigenvalue weighted by atomic mass is 10.0. The van der Waals surface area contributed by atoms with Gasteiger partial charge in [0.1, 0.15) is 12.2 Å². The molecule has 0 radical (unpaired) electrons. The van der Waals surface area contributed by atoms with E-state index in [1.807, 2.05) is 12.3 Å². The molecule has 0 aromatic carbocycles. The Bertz CT molecular complexity index is 601. The fourth-order valence-corrected chi connectivity index (χ4v) is 3.72. The van der Waals surface area contributed by atoms with Crippen LogP contribution in [0.3, 0.4) is 0 Å². The average Bonchev–Trinajstić information content (AvgIpc) is 2.72. The summed E-state index contributed by atoms with van der Waals surface area (Å²) in [6.45, 7) is 3.38. The Hall–Kier alpha value is -1.22. The number of unbranched alkanes of at least 4 members (excludes halogenated alkanes) is 12. The standard InChI is InChI=1S/C25H39N2.BrH/c1-2-3-4-5-6-7-8-9-10-11-12-13-17-22-27-23-18-15-20-25(27)24-19-14-16-21-26-24;/h14-16,18-21,23H,2-13,17,22H2,1H3;1H/q+1;/p-1. The Labute approximate surface area is 183 Å². The van der Waals surface area contributed by atoms with Gasteiger partial charge < -0.3 is 17.0 Å². The molecular weight excluding hydrogens is 408 g/mol. The molecule has 2 rings (SSSR count). The summed E-state index contributed by atoms with van der Waals surface area (Å²) in [6, 6.07) is 12.5. The van der Waals surface area contributed by atoms with Gasteiger partial charge in [-0.05, 0) is 24.6 Å². The van der Waals surface area contributed by atoms with Crippen molar-refractivity contribution in [2.45, 2.75) is 96.9 Å². The van der Waals surface area contributed by atoms with Crippen molar-refractivity contribution >= 4 is 0 Å². The Kier molecular flexibility index (Phi) is 14.8. The number of aromatic nitrogens is 2. The van der Waals surface area contributed by atoms with Crippen LogP contribution in [-0.2, 0) is 6.54 Å². The zero-order valence-electron chi connectivity index (χ0n) is 17.8. The first-order valence-electron chi connectivity index (χ1n) is 11.3. The zero-order chi connectivity index (χ0) is 19.0. The molecule has 0 aliphatic rings. The molecule has 0 atom stereocenters. The molecule has 0 aliphatic heterocycles. The maximum Gasteiger partial charge on any atom is 0.231 e. The lowest BCUT2D eigenvalue weighted by Crippen LogP contribution is -3.00. The highest BCUT2D eigenvalue weighted by molar-refractivity contribution is 5.49. The molecule has 156 valence electrons. The van der Waals surface area contributed by atoms with E-state index in [1.54, 1.807) is 0 Å². The summed E-state index contributed by atoms with van der Waals surface area (Å²) in [5, 5.41) is 0. The molecule has 0 saturated carbocycles. The second-order valence-electron chi connectivity index (χ2n) is 7.74. The van der Waals surface area contributed by atoms with E-state index < -0.39 is 0 Å². The van der Waals surface area contributed by atoms with Gasteiger partial charge in [-0.3, -0.25) is 0 Å². The number of halogens is 1. The molecule has 2 aromatic rings. The molecule has 0 saturated heterocycles. The maximum atomic E-state index is 4.50. The highest BCUT2D eigenvalue weighted by Gasteiger charge is 2.12. The molecule has 2 nitrogen and oxygen atoms in total. The minimum absolute atomic E-state index is 0. The van der Waals surface area contributed by atoms with Crippen LogP contribution < -0.4 is 21.5 Å². The lowest BCUT2D eigenvalue weighted by molar-refractivity contribution is -0.686. The van der Waals surface area contributed by atoms with Crippen molar-refractivity contribution in [3.8, 4) is 11.4 Å². The topological polar surface area (TPSA) is 16.8 Å². The SMILES string of the molecule is CCCCCCCCCCCCCCC[n+]1ccccc1-c1ccccn1.[Br-]. The predicted octanol–water partition coefficient (Wildman–Crippen LogP) is 4.13. The van der Waals surface area contributed by atoms with Crippen molar-refractivity contribution in [1.29, 1.82) is 0 Å². The molecule has 0 N–H and O–H groups in total. The molecule has 28 heavy (non-hydrogen) atoms. The largest absolute Gasteiger partial charge is 1.00 e. The number of pyridine rings is 2. The van der Waals surface area contributed by atoms with E-state index in [9.17, 15) is 0 Å². The molecule has 0 spiro atoms. The van der Waals surface area contributed by atoms with Gasteiger partial charge in [0.2, 0.25) is 5.69 Å². The van der Waals surface area contributed by atoms with E-state index >= 15 is 0 Å². The van der Waals surface area contributed by atoms with Gasteiger partial charge in [0.05, 0.1) is 0 Å². The van der Waals surface area contributed by atoms with Gasteiger partial charge in [0, 0.05) is 24.8 Å². The van der Waals surface area contributed by atoms with Crippen LogP contribution in [0, 0.1) is 0 Å². The third kappa shape index (κ3) is 10.4. The number of aryl methyl sites for hydroxylation is 1. The molecule has 0 amide bonds. The first-order chi connectivity index (χ1) is 13.4. The van der Waals surface area contributed by atoms with E-state index in [0.717, 1.165) is 12.2 Å². The maximum absolute atomic E-state index is 4.50. The van der Waals surface area contributed by atoms with Crippen LogP contribution in [0.15, 0.2) is 48.8 Å². The Morgan fingerprint density at radius 3 is 1.82 bits per heavy atom. The molecule has 3 heteroatoms. The van der Waals surface area contributed by atoms with Crippen molar-refractivity contribution in [2.75, 3.05) is 0 Å². The monoisotopic (exact) mass is 446 g/mol. The van der Waals surface area contributed by atoms with Crippen molar-refractivity contribution in [3.05, 3.63) is 48.8 Å². The number of rotatable bonds is 15. The van der Waals surface area contributed by atoms with Crippen molar-refractivity contribution in [3.63, 3.8) is 0 Å². The molecule has 0 aliphatic carbocycles. The summed E-state index contributed by atoms with van der Waals surface area (Å²) < 4.78 is 2.35. The minimum atomic E-state index is 0. The lowest BCUT2D eigenvalue weighted by Gasteiger charge is -2.04. The second kappa shape index (κ2) is 16.7. The summed E-state index contributed by atoms with van der Waals surface area (Å²) in [5.74, 6) is 0. The van der Waals surface area contributed by atoms with E-state index in [2.05, 4.69) is 53.0 Å². The smallest absolute Gasteiger partial charge is 0.231 e. The predicted molar refractivity (Wildman–Crippen MR) is 116 cm³/mol. The van der Waals surface area contributed by atoms with Gasteiger partial charge in [-0.2, -0.15) is 4.57 Å². The normalized spacial score (nSPS) is 10.6. The number of nitrogens with zero attached hydrogens (tertiary/aromatic N) is 2. The zero-order valence-corrected chi connectivity index (χ0v) is 19.4. The number of hydrogen-bond donors (Lipinski definition) is 0. The Morgan fingerprint density at radius 1 is 0.679 bits per heavy atom. The van der Waals surface area contributed by atoms with Crippen LogP contribution in [0.25, 0.3) is 11.4 Å². The summed E-state index contributed by atoms with van der Waals surface area (Å²) in [5.41, 5.74) is 2.28. The molecule has 0 unspecified atom stereocenters. The van der Waals surface area contributed by atoms with Crippen molar-refractivity contribution in [2.24, 2.45) is 0 Å².